The Bertz CT molecular complexity index is 448. The maximum absolute atomic E-state index is 12.2. The molecule has 1 fully saturated rings. The zero-order chi connectivity index (χ0) is 13.1. The first-order valence-electron chi connectivity index (χ1n) is 5.79. The molecule has 1 aromatic rings. The number of carbonyl (C=O) groups is 1. The van der Waals surface area contributed by atoms with E-state index in [0.29, 0.717) is 5.69 Å². The molecule has 2 rings (SSSR count). The fourth-order valence-corrected chi connectivity index (χ4v) is 1.71. The Morgan fingerprint density at radius 1 is 1.50 bits per heavy atom. The number of nitrogens with zero attached hydrogens (tertiary/aromatic N) is 1. The molecule has 1 aliphatic carbocycles. The third-order valence-electron chi connectivity index (χ3n) is 2.93. The minimum Gasteiger partial charge on any atom is -0.415 e. The topological polar surface area (TPSA) is 51.2 Å². The van der Waals surface area contributed by atoms with Gasteiger partial charge in [0, 0.05) is 11.6 Å². The van der Waals surface area contributed by atoms with Crippen molar-refractivity contribution in [2.24, 2.45) is 5.92 Å². The number of ether oxygens (including phenoxy) is 1. The van der Waals surface area contributed by atoms with Crippen molar-refractivity contribution in [3.05, 3.63) is 17.8 Å². The fourth-order valence-electron chi connectivity index (χ4n) is 1.71. The number of aromatic nitrogens is 1. The molecule has 98 valence electrons. The van der Waals surface area contributed by atoms with Crippen molar-refractivity contribution >= 4 is 11.6 Å². The van der Waals surface area contributed by atoms with E-state index in [1.807, 2.05) is 0 Å². The second-order valence-corrected chi connectivity index (χ2v) is 4.30. The summed E-state index contributed by atoms with van der Waals surface area (Å²) in [6, 6.07) is 3.16. The molecule has 0 radical (unpaired) electrons. The lowest BCUT2D eigenvalue weighted by atomic mass is 9.85. The number of rotatable bonds is 4. The van der Waals surface area contributed by atoms with E-state index in [0.717, 1.165) is 19.3 Å². The smallest absolute Gasteiger partial charge is 0.388 e. The molecule has 0 bridgehead atoms. The molecule has 0 aromatic carbocycles. The van der Waals surface area contributed by atoms with Gasteiger partial charge >= 0.3 is 6.61 Å². The average Bonchev–Trinajstić information content (AvgIpc) is 2.18. The van der Waals surface area contributed by atoms with Gasteiger partial charge < -0.3 is 10.1 Å². The number of hydrogen-bond acceptors (Lipinski definition) is 3. The predicted molar refractivity (Wildman–Crippen MR) is 61.6 cm³/mol. The molecule has 1 aliphatic rings. The van der Waals surface area contributed by atoms with Crippen LogP contribution in [0, 0.1) is 12.8 Å². The van der Waals surface area contributed by atoms with Gasteiger partial charge in [0.1, 0.15) is 5.69 Å². The van der Waals surface area contributed by atoms with Crippen LogP contribution in [0.4, 0.5) is 14.5 Å². The van der Waals surface area contributed by atoms with Gasteiger partial charge in [-0.1, -0.05) is 6.42 Å². The molecule has 0 aliphatic heterocycles. The molecule has 0 unspecified atom stereocenters. The van der Waals surface area contributed by atoms with E-state index < -0.39 is 6.61 Å². The molecule has 0 saturated heterocycles. The second-order valence-electron chi connectivity index (χ2n) is 4.30. The van der Waals surface area contributed by atoms with Crippen molar-refractivity contribution in [1.82, 2.24) is 4.98 Å². The number of aryl methyl sites for hydroxylation is 1. The summed E-state index contributed by atoms with van der Waals surface area (Å²) in [6.07, 6.45) is 2.72. The lowest BCUT2D eigenvalue weighted by molar-refractivity contribution is -0.122. The number of halogens is 2. The number of amides is 1. The quantitative estimate of drug-likeness (QED) is 0.901. The number of alkyl halides is 2. The van der Waals surface area contributed by atoms with E-state index in [1.165, 1.54) is 6.07 Å². The summed E-state index contributed by atoms with van der Waals surface area (Å²) in [7, 11) is 0. The van der Waals surface area contributed by atoms with Crippen LogP contribution in [0.5, 0.6) is 5.88 Å². The molecule has 4 nitrogen and oxygen atoms in total. The molecule has 0 spiro atoms. The molecule has 1 heterocycles. The van der Waals surface area contributed by atoms with Crippen LogP contribution in [0.25, 0.3) is 0 Å². The van der Waals surface area contributed by atoms with Crippen molar-refractivity contribution in [2.45, 2.75) is 32.8 Å². The Hall–Kier alpha value is -1.72. The van der Waals surface area contributed by atoms with E-state index in [1.54, 1.807) is 13.0 Å². The van der Waals surface area contributed by atoms with Crippen LogP contribution in [0.2, 0.25) is 0 Å². The first-order chi connectivity index (χ1) is 8.56. The largest absolute Gasteiger partial charge is 0.415 e. The first-order valence-corrected chi connectivity index (χ1v) is 5.79. The summed E-state index contributed by atoms with van der Waals surface area (Å²) in [5.74, 6) is -0.422. The lowest BCUT2D eigenvalue weighted by Gasteiger charge is -2.24. The molecular weight excluding hydrogens is 242 g/mol. The highest BCUT2D eigenvalue weighted by molar-refractivity contribution is 5.94. The summed E-state index contributed by atoms with van der Waals surface area (Å²) in [6.45, 7) is -1.30. The van der Waals surface area contributed by atoms with Crippen molar-refractivity contribution in [1.29, 1.82) is 0 Å². The third-order valence-corrected chi connectivity index (χ3v) is 2.93. The van der Waals surface area contributed by atoms with Gasteiger partial charge in [0.2, 0.25) is 11.8 Å². The summed E-state index contributed by atoms with van der Waals surface area (Å²) in [5, 5.41) is 2.59. The molecule has 1 N–H and O–H groups in total. The van der Waals surface area contributed by atoms with Crippen molar-refractivity contribution in [3.8, 4) is 5.88 Å². The van der Waals surface area contributed by atoms with Crippen molar-refractivity contribution < 1.29 is 18.3 Å². The van der Waals surface area contributed by atoms with E-state index in [-0.39, 0.29) is 23.4 Å². The second kappa shape index (κ2) is 5.29. The van der Waals surface area contributed by atoms with Gasteiger partial charge in [-0.25, -0.2) is 4.98 Å². The number of hydrogen-bond donors (Lipinski definition) is 1. The molecule has 6 heteroatoms. The van der Waals surface area contributed by atoms with Crippen LogP contribution in [0.3, 0.4) is 0 Å². The van der Waals surface area contributed by atoms with Crippen molar-refractivity contribution in [2.75, 3.05) is 5.32 Å². The normalized spacial score (nSPS) is 15.3. The molecule has 1 amide bonds. The SMILES string of the molecule is Cc1ccc(NC(=O)C2CCC2)c(OC(F)F)n1. The van der Waals surface area contributed by atoms with Gasteiger partial charge in [-0.05, 0) is 31.9 Å². The van der Waals surface area contributed by atoms with E-state index >= 15 is 0 Å². The maximum Gasteiger partial charge on any atom is 0.388 e. The van der Waals surface area contributed by atoms with Gasteiger partial charge in [0.05, 0.1) is 0 Å². The molecule has 1 aromatic heterocycles. The number of nitrogens with one attached hydrogen (secondary N) is 1. The van der Waals surface area contributed by atoms with E-state index in [9.17, 15) is 13.6 Å². The Kier molecular flexibility index (Phi) is 3.74. The molecule has 18 heavy (non-hydrogen) atoms. The zero-order valence-corrected chi connectivity index (χ0v) is 9.95. The predicted octanol–water partition coefficient (Wildman–Crippen LogP) is 2.73. The maximum atomic E-state index is 12.2. The fraction of sp³-hybridized carbons (Fsp3) is 0.500. The average molecular weight is 256 g/mol. The Labute approximate surface area is 103 Å². The molecule has 0 atom stereocenters. The van der Waals surface area contributed by atoms with Crippen LogP contribution >= 0.6 is 0 Å². The van der Waals surface area contributed by atoms with Crippen LogP contribution in [-0.2, 0) is 4.79 Å². The Morgan fingerprint density at radius 3 is 2.78 bits per heavy atom. The monoisotopic (exact) mass is 256 g/mol. The van der Waals surface area contributed by atoms with Crippen molar-refractivity contribution in [3.63, 3.8) is 0 Å². The van der Waals surface area contributed by atoms with Gasteiger partial charge in [-0.2, -0.15) is 8.78 Å². The number of anilines is 1. The van der Waals surface area contributed by atoms with E-state index in [4.69, 9.17) is 0 Å². The third kappa shape index (κ3) is 2.94. The molecule has 1 saturated carbocycles. The van der Waals surface area contributed by atoms with Gasteiger partial charge in [-0.15, -0.1) is 0 Å². The highest BCUT2D eigenvalue weighted by Crippen LogP contribution is 2.30. The minimum absolute atomic E-state index is 0.0225. The summed E-state index contributed by atoms with van der Waals surface area (Å²) in [5.41, 5.74) is 0.741. The van der Waals surface area contributed by atoms with Crippen LogP contribution in [-0.4, -0.2) is 17.5 Å². The minimum atomic E-state index is -2.96. The highest BCUT2D eigenvalue weighted by atomic mass is 19.3. The Morgan fingerprint density at radius 2 is 2.22 bits per heavy atom. The first kappa shape index (κ1) is 12.7. The van der Waals surface area contributed by atoms with E-state index in [2.05, 4.69) is 15.0 Å². The summed E-state index contributed by atoms with van der Waals surface area (Å²) >= 11 is 0. The number of pyridine rings is 1. The highest BCUT2D eigenvalue weighted by Gasteiger charge is 2.26. The Balaban J connectivity index is 2.12. The molecular formula is C12H14F2N2O2. The van der Waals surface area contributed by atoms with Crippen LogP contribution in [0.1, 0.15) is 25.0 Å². The standard InChI is InChI=1S/C12H14F2N2O2/c1-7-5-6-9(11(15-7)18-12(13)14)16-10(17)8-3-2-4-8/h5-6,8,12H,2-4H2,1H3,(H,16,17). The zero-order valence-electron chi connectivity index (χ0n) is 9.95. The van der Waals surface area contributed by atoms with Gasteiger partial charge in [-0.3, -0.25) is 4.79 Å². The summed E-state index contributed by atoms with van der Waals surface area (Å²) < 4.78 is 28.8. The van der Waals surface area contributed by atoms with Gasteiger partial charge in [0.25, 0.3) is 0 Å². The summed E-state index contributed by atoms with van der Waals surface area (Å²) in [4.78, 5) is 15.6. The number of carbonyl (C=O) groups excluding carboxylic acids is 1. The lowest BCUT2D eigenvalue weighted by Crippen LogP contribution is -2.28. The van der Waals surface area contributed by atoms with Gasteiger partial charge in [0.15, 0.2) is 0 Å². The van der Waals surface area contributed by atoms with Crippen LogP contribution < -0.4 is 10.1 Å². The van der Waals surface area contributed by atoms with Crippen LogP contribution in [0.15, 0.2) is 12.1 Å².